The molecule has 0 bridgehead atoms. The monoisotopic (exact) mass is 503 g/mol. The van der Waals surface area contributed by atoms with Crippen molar-refractivity contribution < 1.29 is 42.9 Å². The highest BCUT2D eigenvalue weighted by atomic mass is 32.1. The molecule has 1 saturated heterocycles. The standard InChI is InChI=1S/C21H33N3O9S/c1-10(25)29-9-16-17(30-11(2)26)18(31-12(3)27)19(32-13(4)28)20(33-16)24-21(34)23-15-8-6-5-7-14(15)22/h14-20H,5-9,22H2,1-4H3,(H2,23,24,34)/t14-,15-,16?,17-,18?,19?,20-/m1/s1. The van der Waals surface area contributed by atoms with Crippen LogP contribution in [-0.4, -0.2) is 78.3 Å². The summed E-state index contributed by atoms with van der Waals surface area (Å²) >= 11 is 5.43. The van der Waals surface area contributed by atoms with Gasteiger partial charge < -0.3 is 40.1 Å². The highest BCUT2D eigenvalue weighted by Crippen LogP contribution is 2.28. The van der Waals surface area contributed by atoms with Crippen LogP contribution in [0.4, 0.5) is 0 Å². The van der Waals surface area contributed by atoms with E-state index < -0.39 is 54.5 Å². The van der Waals surface area contributed by atoms with Crippen molar-refractivity contribution in [3.05, 3.63) is 0 Å². The molecular weight excluding hydrogens is 470 g/mol. The van der Waals surface area contributed by atoms with Crippen molar-refractivity contribution in [2.75, 3.05) is 6.61 Å². The molecule has 3 unspecified atom stereocenters. The van der Waals surface area contributed by atoms with Gasteiger partial charge in [0.15, 0.2) is 29.7 Å². The number of thiocarbonyl (C=S) groups is 1. The summed E-state index contributed by atoms with van der Waals surface area (Å²) in [5.74, 6) is -2.69. The number of hydrogen-bond acceptors (Lipinski definition) is 11. The van der Waals surface area contributed by atoms with E-state index in [1.807, 2.05) is 0 Å². The fourth-order valence-corrected chi connectivity index (χ4v) is 4.29. The number of nitrogens with two attached hydrogens (primary N) is 1. The van der Waals surface area contributed by atoms with Crippen molar-refractivity contribution in [1.29, 1.82) is 0 Å². The predicted molar refractivity (Wildman–Crippen MR) is 121 cm³/mol. The normalized spacial score (nSPS) is 30.9. The van der Waals surface area contributed by atoms with Crippen LogP contribution >= 0.6 is 12.2 Å². The van der Waals surface area contributed by atoms with Crippen LogP contribution in [0.3, 0.4) is 0 Å². The first kappa shape index (κ1) is 27.7. The van der Waals surface area contributed by atoms with Gasteiger partial charge in [0, 0.05) is 39.8 Å². The second kappa shape index (κ2) is 12.8. The highest BCUT2D eigenvalue weighted by molar-refractivity contribution is 7.80. The molecule has 4 N–H and O–H groups in total. The Balaban J connectivity index is 2.31. The summed E-state index contributed by atoms with van der Waals surface area (Å²) < 4.78 is 27.2. The van der Waals surface area contributed by atoms with Gasteiger partial charge in [0.2, 0.25) is 0 Å². The van der Waals surface area contributed by atoms with E-state index in [9.17, 15) is 19.2 Å². The van der Waals surface area contributed by atoms with Crippen LogP contribution in [0, 0.1) is 0 Å². The summed E-state index contributed by atoms with van der Waals surface area (Å²) in [6, 6.07) is -0.136. The Morgan fingerprint density at radius 2 is 1.41 bits per heavy atom. The minimum atomic E-state index is -1.27. The van der Waals surface area contributed by atoms with Crippen LogP contribution in [-0.2, 0) is 42.9 Å². The molecule has 1 aliphatic carbocycles. The number of esters is 4. The third-order valence-corrected chi connectivity index (χ3v) is 5.64. The maximum Gasteiger partial charge on any atom is 0.303 e. The summed E-state index contributed by atoms with van der Waals surface area (Å²) in [6.45, 7) is 4.38. The summed E-state index contributed by atoms with van der Waals surface area (Å²) in [4.78, 5) is 46.9. The van der Waals surface area contributed by atoms with Crippen LogP contribution < -0.4 is 16.4 Å². The third-order valence-electron chi connectivity index (χ3n) is 5.40. The van der Waals surface area contributed by atoms with Gasteiger partial charge in [-0.1, -0.05) is 12.8 Å². The maximum absolute atomic E-state index is 11.9. The topological polar surface area (TPSA) is 165 Å². The molecule has 192 valence electrons. The van der Waals surface area contributed by atoms with E-state index in [0.29, 0.717) is 0 Å². The van der Waals surface area contributed by atoms with Crippen molar-refractivity contribution in [1.82, 2.24) is 10.6 Å². The number of hydrogen-bond donors (Lipinski definition) is 3. The molecule has 0 aromatic rings. The fourth-order valence-electron chi connectivity index (χ4n) is 4.02. The molecule has 2 fully saturated rings. The van der Waals surface area contributed by atoms with Gasteiger partial charge >= 0.3 is 23.9 Å². The molecule has 1 heterocycles. The van der Waals surface area contributed by atoms with E-state index in [4.69, 9.17) is 41.6 Å². The van der Waals surface area contributed by atoms with E-state index in [1.54, 1.807) is 0 Å². The molecule has 0 radical (unpaired) electrons. The molecule has 0 amide bonds. The Morgan fingerprint density at radius 3 is 1.97 bits per heavy atom. The summed E-state index contributed by atoms with van der Waals surface area (Å²) in [5, 5.41) is 6.26. The molecule has 2 aliphatic rings. The zero-order valence-corrected chi connectivity index (χ0v) is 20.6. The van der Waals surface area contributed by atoms with Crippen molar-refractivity contribution in [3.8, 4) is 0 Å². The molecule has 0 aromatic heterocycles. The van der Waals surface area contributed by atoms with Crippen molar-refractivity contribution >= 4 is 41.2 Å². The highest BCUT2D eigenvalue weighted by Gasteiger charge is 2.52. The summed E-state index contributed by atoms with van der Waals surface area (Å²) in [7, 11) is 0. The van der Waals surface area contributed by atoms with Gasteiger partial charge in [-0.15, -0.1) is 0 Å². The lowest BCUT2D eigenvalue weighted by Crippen LogP contribution is -2.67. The average molecular weight is 504 g/mol. The van der Waals surface area contributed by atoms with Gasteiger partial charge in [-0.05, 0) is 25.1 Å². The minimum Gasteiger partial charge on any atom is -0.463 e. The first-order chi connectivity index (χ1) is 16.0. The van der Waals surface area contributed by atoms with Gasteiger partial charge in [-0.25, -0.2) is 0 Å². The summed E-state index contributed by atoms with van der Waals surface area (Å²) in [5.41, 5.74) is 6.18. The van der Waals surface area contributed by atoms with Gasteiger partial charge in [0.05, 0.1) is 0 Å². The molecule has 34 heavy (non-hydrogen) atoms. The first-order valence-electron chi connectivity index (χ1n) is 11.1. The van der Waals surface area contributed by atoms with Crippen LogP contribution in [0.2, 0.25) is 0 Å². The predicted octanol–water partition coefficient (Wildman–Crippen LogP) is -0.196. The molecule has 0 spiro atoms. The second-order valence-electron chi connectivity index (χ2n) is 8.29. The molecule has 1 aliphatic heterocycles. The van der Waals surface area contributed by atoms with Crippen LogP contribution in [0.25, 0.3) is 0 Å². The number of rotatable bonds is 7. The largest absolute Gasteiger partial charge is 0.463 e. The molecule has 12 nitrogen and oxygen atoms in total. The lowest BCUT2D eigenvalue weighted by Gasteiger charge is -2.45. The number of carbonyl (C=O) groups excluding carboxylic acids is 4. The Labute approximate surface area is 203 Å². The van der Waals surface area contributed by atoms with Crippen LogP contribution in [0.5, 0.6) is 0 Å². The Morgan fingerprint density at radius 1 is 0.853 bits per heavy atom. The van der Waals surface area contributed by atoms with Crippen LogP contribution in [0.15, 0.2) is 0 Å². The zero-order valence-electron chi connectivity index (χ0n) is 19.7. The Kier molecular flexibility index (Phi) is 10.5. The average Bonchev–Trinajstić information content (AvgIpc) is 2.71. The number of carbonyl (C=O) groups is 4. The Bertz CT molecular complexity index is 781. The van der Waals surface area contributed by atoms with Crippen molar-refractivity contribution in [3.63, 3.8) is 0 Å². The third kappa shape index (κ3) is 8.37. The molecule has 2 rings (SSSR count). The summed E-state index contributed by atoms with van der Waals surface area (Å²) in [6.07, 6.45) is -2.17. The smallest absolute Gasteiger partial charge is 0.303 e. The molecule has 0 aromatic carbocycles. The van der Waals surface area contributed by atoms with E-state index in [0.717, 1.165) is 39.5 Å². The SMILES string of the molecule is CC(=O)OCC1O[C@@H](NC(=S)N[C@@H]2CCCC[C@H]2N)C(OC(C)=O)C(OC(C)=O)[C@@H]1OC(C)=O. The van der Waals surface area contributed by atoms with Gasteiger partial charge in [0.1, 0.15) is 12.7 Å². The lowest BCUT2D eigenvalue weighted by atomic mass is 9.91. The quantitative estimate of drug-likeness (QED) is 0.238. The minimum absolute atomic E-state index is 0.0561. The lowest BCUT2D eigenvalue weighted by molar-refractivity contribution is -0.254. The maximum atomic E-state index is 11.9. The van der Waals surface area contributed by atoms with Crippen LogP contribution in [0.1, 0.15) is 53.4 Å². The van der Waals surface area contributed by atoms with Gasteiger partial charge in [-0.3, -0.25) is 19.2 Å². The first-order valence-corrected chi connectivity index (χ1v) is 11.5. The van der Waals surface area contributed by atoms with Crippen molar-refractivity contribution in [2.24, 2.45) is 5.73 Å². The fraction of sp³-hybridized carbons (Fsp3) is 0.762. The van der Waals surface area contributed by atoms with E-state index in [-0.39, 0.29) is 23.8 Å². The molecule has 13 heteroatoms. The van der Waals surface area contributed by atoms with Gasteiger partial charge in [0.25, 0.3) is 0 Å². The number of ether oxygens (including phenoxy) is 5. The Hall–Kier alpha value is -2.51. The van der Waals surface area contributed by atoms with Gasteiger partial charge in [-0.2, -0.15) is 0 Å². The van der Waals surface area contributed by atoms with E-state index >= 15 is 0 Å². The molecular formula is C21H33N3O9S. The zero-order chi connectivity index (χ0) is 25.4. The number of nitrogens with one attached hydrogen (secondary N) is 2. The van der Waals surface area contributed by atoms with E-state index in [1.165, 1.54) is 13.8 Å². The molecule has 7 atom stereocenters. The molecule has 1 saturated carbocycles. The second-order valence-corrected chi connectivity index (χ2v) is 8.70. The van der Waals surface area contributed by atoms with E-state index in [2.05, 4.69) is 10.6 Å². The van der Waals surface area contributed by atoms with Crippen molar-refractivity contribution in [2.45, 2.75) is 96.1 Å².